The van der Waals surface area contributed by atoms with Crippen LogP contribution in [0, 0.1) is 3.57 Å². The molecular weight excluding hydrogens is 385 g/mol. The second-order valence-electron chi connectivity index (χ2n) is 5.57. The number of nitrogens with zero attached hydrogens (tertiary/aromatic N) is 2. The van der Waals surface area contributed by atoms with Crippen molar-refractivity contribution >= 4 is 40.0 Å². The van der Waals surface area contributed by atoms with E-state index in [-0.39, 0.29) is 5.41 Å². The van der Waals surface area contributed by atoms with Crippen molar-refractivity contribution in [3.8, 4) is 11.4 Å². The maximum absolute atomic E-state index is 6.06. The quantitative estimate of drug-likeness (QED) is 0.739. The molecule has 5 heteroatoms. The highest BCUT2D eigenvalue weighted by Gasteiger charge is 2.23. The van der Waals surface area contributed by atoms with E-state index >= 15 is 0 Å². The van der Waals surface area contributed by atoms with Gasteiger partial charge in [-0.1, -0.05) is 44.5 Å². The highest BCUT2D eigenvalue weighted by atomic mass is 127. The van der Waals surface area contributed by atoms with Gasteiger partial charge in [0.2, 0.25) is 0 Å². The van der Waals surface area contributed by atoms with Gasteiger partial charge in [-0.05, 0) is 34.7 Å². The number of halogens is 2. The van der Waals surface area contributed by atoms with Gasteiger partial charge >= 0.3 is 0 Å². The van der Waals surface area contributed by atoms with Crippen LogP contribution >= 0.6 is 34.2 Å². The molecule has 3 nitrogen and oxygen atoms in total. The first-order valence-electron chi connectivity index (χ1n) is 6.34. The minimum atomic E-state index is -0.0433. The van der Waals surface area contributed by atoms with Gasteiger partial charge in [-0.2, -0.15) is 0 Å². The Morgan fingerprint density at radius 1 is 1.20 bits per heavy atom. The van der Waals surface area contributed by atoms with Crippen molar-refractivity contribution in [1.82, 2.24) is 9.97 Å². The van der Waals surface area contributed by atoms with E-state index in [4.69, 9.17) is 16.6 Å². The lowest BCUT2D eigenvalue weighted by atomic mass is 9.91. The Morgan fingerprint density at radius 2 is 1.90 bits per heavy atom. The van der Waals surface area contributed by atoms with E-state index in [1.807, 2.05) is 31.3 Å². The summed E-state index contributed by atoms with van der Waals surface area (Å²) in [7, 11) is 1.87. The summed E-state index contributed by atoms with van der Waals surface area (Å²) in [6.07, 6.45) is 0. The Morgan fingerprint density at radius 3 is 2.45 bits per heavy atom. The van der Waals surface area contributed by atoms with E-state index in [0.717, 1.165) is 20.6 Å². The molecule has 0 radical (unpaired) electrons. The zero-order chi connectivity index (χ0) is 14.9. The van der Waals surface area contributed by atoms with Crippen LogP contribution < -0.4 is 5.32 Å². The largest absolute Gasteiger partial charge is 0.372 e. The van der Waals surface area contributed by atoms with Gasteiger partial charge in [-0.3, -0.25) is 0 Å². The van der Waals surface area contributed by atoms with Crippen LogP contribution in [0.3, 0.4) is 0 Å². The molecule has 1 aromatic heterocycles. The topological polar surface area (TPSA) is 37.8 Å². The second-order valence-corrected chi connectivity index (χ2v) is 7.08. The predicted molar refractivity (Wildman–Crippen MR) is 93.4 cm³/mol. The number of aromatic nitrogens is 2. The Labute approximate surface area is 138 Å². The van der Waals surface area contributed by atoms with Crippen LogP contribution in [0.15, 0.2) is 24.3 Å². The normalized spacial score (nSPS) is 11.5. The Hall–Kier alpha value is -0.880. The van der Waals surface area contributed by atoms with Crippen LogP contribution in [0.2, 0.25) is 5.02 Å². The molecule has 20 heavy (non-hydrogen) atoms. The first kappa shape index (κ1) is 15.5. The summed E-state index contributed by atoms with van der Waals surface area (Å²) >= 11 is 8.35. The Balaban J connectivity index is 2.66. The van der Waals surface area contributed by atoms with Crippen molar-refractivity contribution < 1.29 is 0 Å². The lowest BCUT2D eigenvalue weighted by Gasteiger charge is -2.21. The van der Waals surface area contributed by atoms with E-state index in [9.17, 15) is 0 Å². The average molecular weight is 402 g/mol. The van der Waals surface area contributed by atoms with Crippen LogP contribution in [-0.4, -0.2) is 17.0 Å². The van der Waals surface area contributed by atoms with E-state index in [1.165, 1.54) is 0 Å². The van der Waals surface area contributed by atoms with Crippen molar-refractivity contribution in [1.29, 1.82) is 0 Å². The molecule has 0 atom stereocenters. The number of hydrogen-bond donors (Lipinski definition) is 1. The molecule has 0 aliphatic heterocycles. The first-order chi connectivity index (χ1) is 9.32. The molecule has 106 valence electrons. The molecule has 1 heterocycles. The summed E-state index contributed by atoms with van der Waals surface area (Å²) in [6, 6.07) is 7.62. The molecule has 0 amide bonds. The summed E-state index contributed by atoms with van der Waals surface area (Å²) in [6.45, 7) is 6.45. The van der Waals surface area contributed by atoms with Gasteiger partial charge in [0, 0.05) is 23.0 Å². The SMILES string of the molecule is CNc1nc(-c2cccc(Cl)c2)nc(C(C)(C)C)c1I. The predicted octanol–water partition coefficient (Wildman–Crippen LogP) is 4.74. The van der Waals surface area contributed by atoms with E-state index in [2.05, 4.69) is 53.7 Å². The van der Waals surface area contributed by atoms with Crippen molar-refractivity contribution in [2.75, 3.05) is 12.4 Å². The third-order valence-corrected chi connectivity index (χ3v) is 4.14. The van der Waals surface area contributed by atoms with Gasteiger partial charge in [0.25, 0.3) is 0 Å². The molecule has 2 aromatic rings. The van der Waals surface area contributed by atoms with Crippen molar-refractivity contribution in [2.45, 2.75) is 26.2 Å². The molecule has 0 aliphatic carbocycles. The smallest absolute Gasteiger partial charge is 0.161 e. The van der Waals surface area contributed by atoms with Gasteiger partial charge in [-0.25, -0.2) is 9.97 Å². The van der Waals surface area contributed by atoms with E-state index in [1.54, 1.807) is 0 Å². The summed E-state index contributed by atoms with van der Waals surface area (Å²) in [5.41, 5.74) is 1.92. The first-order valence-corrected chi connectivity index (χ1v) is 7.80. The molecule has 1 N–H and O–H groups in total. The highest BCUT2D eigenvalue weighted by Crippen LogP contribution is 2.31. The summed E-state index contributed by atoms with van der Waals surface area (Å²) in [5.74, 6) is 1.54. The number of benzene rings is 1. The molecular formula is C15H17ClIN3. The second kappa shape index (κ2) is 5.85. The minimum Gasteiger partial charge on any atom is -0.372 e. The summed E-state index contributed by atoms with van der Waals surface area (Å²) in [4.78, 5) is 9.33. The lowest BCUT2D eigenvalue weighted by molar-refractivity contribution is 0.564. The van der Waals surface area contributed by atoms with E-state index < -0.39 is 0 Å². The molecule has 0 saturated carbocycles. The fourth-order valence-corrected chi connectivity index (χ4v) is 3.38. The third kappa shape index (κ3) is 3.23. The molecule has 2 rings (SSSR count). The number of rotatable bonds is 2. The lowest BCUT2D eigenvalue weighted by Crippen LogP contribution is -2.18. The van der Waals surface area contributed by atoms with Gasteiger partial charge in [-0.15, -0.1) is 0 Å². The van der Waals surface area contributed by atoms with Crippen LogP contribution in [-0.2, 0) is 5.41 Å². The fraction of sp³-hybridized carbons (Fsp3) is 0.333. The third-order valence-electron chi connectivity index (χ3n) is 2.88. The number of hydrogen-bond acceptors (Lipinski definition) is 3. The Kier molecular flexibility index (Phi) is 4.54. The zero-order valence-electron chi connectivity index (χ0n) is 12.0. The standard InChI is InChI=1S/C15H17ClIN3/c1-15(2,3)12-11(17)14(18-4)20-13(19-12)9-6-5-7-10(16)8-9/h5-8H,1-4H3,(H,18,19,20). The molecule has 0 bridgehead atoms. The van der Waals surface area contributed by atoms with Gasteiger partial charge in [0.05, 0.1) is 9.26 Å². The average Bonchev–Trinajstić information content (AvgIpc) is 2.37. The molecule has 1 aromatic carbocycles. The zero-order valence-corrected chi connectivity index (χ0v) is 14.9. The minimum absolute atomic E-state index is 0.0433. The Bertz CT molecular complexity index is 636. The molecule has 0 aliphatic rings. The van der Waals surface area contributed by atoms with Crippen molar-refractivity contribution in [3.63, 3.8) is 0 Å². The summed E-state index contributed by atoms with van der Waals surface area (Å²) < 4.78 is 1.06. The van der Waals surface area contributed by atoms with Crippen molar-refractivity contribution in [2.24, 2.45) is 0 Å². The molecule has 0 unspecified atom stereocenters. The fourth-order valence-electron chi connectivity index (χ4n) is 1.87. The molecule has 0 saturated heterocycles. The number of anilines is 1. The van der Waals surface area contributed by atoms with Crippen LogP contribution in [0.1, 0.15) is 26.5 Å². The monoisotopic (exact) mass is 401 g/mol. The molecule has 0 fully saturated rings. The number of nitrogens with one attached hydrogen (secondary N) is 1. The van der Waals surface area contributed by atoms with Crippen LogP contribution in [0.5, 0.6) is 0 Å². The van der Waals surface area contributed by atoms with Gasteiger partial charge in [0.1, 0.15) is 5.82 Å². The van der Waals surface area contributed by atoms with E-state index in [0.29, 0.717) is 10.8 Å². The highest BCUT2D eigenvalue weighted by molar-refractivity contribution is 14.1. The van der Waals surface area contributed by atoms with Gasteiger partial charge in [0.15, 0.2) is 5.82 Å². The van der Waals surface area contributed by atoms with Crippen LogP contribution in [0.4, 0.5) is 5.82 Å². The molecule has 0 spiro atoms. The van der Waals surface area contributed by atoms with Crippen LogP contribution in [0.25, 0.3) is 11.4 Å². The van der Waals surface area contributed by atoms with Crippen molar-refractivity contribution in [3.05, 3.63) is 38.6 Å². The maximum atomic E-state index is 6.06. The van der Waals surface area contributed by atoms with Gasteiger partial charge < -0.3 is 5.32 Å². The summed E-state index contributed by atoms with van der Waals surface area (Å²) in [5, 5.41) is 3.83. The maximum Gasteiger partial charge on any atom is 0.161 e.